The fourth-order valence-electron chi connectivity index (χ4n) is 1.80. The lowest BCUT2D eigenvalue weighted by Crippen LogP contribution is -2.27. The Morgan fingerprint density at radius 1 is 1.20 bits per heavy atom. The first-order valence-corrected chi connectivity index (χ1v) is 7.37. The zero-order valence-electron chi connectivity index (χ0n) is 11.7. The van der Waals surface area contributed by atoms with E-state index < -0.39 is 0 Å². The summed E-state index contributed by atoms with van der Waals surface area (Å²) < 4.78 is 0. The Kier molecular flexibility index (Phi) is 4.69. The van der Waals surface area contributed by atoms with Gasteiger partial charge in [0.1, 0.15) is 0 Å². The van der Waals surface area contributed by atoms with Crippen molar-refractivity contribution >= 4 is 29.0 Å². The molecule has 0 aliphatic carbocycles. The molecule has 0 saturated carbocycles. The normalized spacial score (nSPS) is 10.3. The number of nitrogens with two attached hydrogens (primary N) is 1. The van der Waals surface area contributed by atoms with E-state index in [9.17, 15) is 4.79 Å². The number of nitrogen functional groups attached to an aromatic ring is 1. The van der Waals surface area contributed by atoms with E-state index in [0.29, 0.717) is 5.75 Å². The van der Waals surface area contributed by atoms with E-state index in [2.05, 4.69) is 0 Å². The summed E-state index contributed by atoms with van der Waals surface area (Å²) in [6.07, 6.45) is 0. The molecule has 0 saturated heterocycles. The fraction of sp³-hybridized carbons (Fsp3) is 0.188. The molecule has 2 N–H and O–H groups in total. The summed E-state index contributed by atoms with van der Waals surface area (Å²) in [6.45, 7) is 2.02. The van der Waals surface area contributed by atoms with Gasteiger partial charge in [0, 0.05) is 23.3 Å². The summed E-state index contributed by atoms with van der Waals surface area (Å²) in [7, 11) is 1.79. The molecule has 0 spiro atoms. The first-order valence-electron chi connectivity index (χ1n) is 6.38. The van der Waals surface area contributed by atoms with Crippen LogP contribution in [0.3, 0.4) is 0 Å². The summed E-state index contributed by atoms with van der Waals surface area (Å²) in [6, 6.07) is 15.5. The molecule has 0 atom stereocenters. The predicted octanol–water partition coefficient (Wildman–Crippen LogP) is 3.33. The molecule has 3 nitrogen and oxygen atoms in total. The van der Waals surface area contributed by atoms with Crippen LogP contribution in [-0.4, -0.2) is 18.7 Å². The Morgan fingerprint density at radius 2 is 1.90 bits per heavy atom. The van der Waals surface area contributed by atoms with Gasteiger partial charge in [0.05, 0.1) is 5.75 Å². The van der Waals surface area contributed by atoms with Crippen molar-refractivity contribution in [3.05, 3.63) is 54.1 Å². The summed E-state index contributed by atoms with van der Waals surface area (Å²) in [5.41, 5.74) is 8.68. The van der Waals surface area contributed by atoms with Crippen molar-refractivity contribution in [3.63, 3.8) is 0 Å². The first kappa shape index (κ1) is 14.5. The quantitative estimate of drug-likeness (QED) is 0.692. The van der Waals surface area contributed by atoms with Crippen LogP contribution in [0.15, 0.2) is 53.4 Å². The van der Waals surface area contributed by atoms with Gasteiger partial charge in [-0.05, 0) is 36.8 Å². The molecule has 20 heavy (non-hydrogen) atoms. The molecule has 2 aromatic carbocycles. The highest BCUT2D eigenvalue weighted by Crippen LogP contribution is 2.26. The minimum Gasteiger partial charge on any atom is -0.398 e. The Hall–Kier alpha value is -1.94. The predicted molar refractivity (Wildman–Crippen MR) is 86.2 cm³/mol. The van der Waals surface area contributed by atoms with Crippen LogP contribution in [-0.2, 0) is 4.79 Å². The molecule has 0 aliphatic heterocycles. The third-order valence-corrected chi connectivity index (χ3v) is 4.09. The van der Waals surface area contributed by atoms with Gasteiger partial charge < -0.3 is 10.6 Å². The number of para-hydroxylation sites is 1. The summed E-state index contributed by atoms with van der Waals surface area (Å²) in [4.78, 5) is 14.8. The second kappa shape index (κ2) is 6.48. The van der Waals surface area contributed by atoms with Crippen molar-refractivity contribution in [2.24, 2.45) is 0 Å². The number of benzene rings is 2. The van der Waals surface area contributed by atoms with Gasteiger partial charge in [0.25, 0.3) is 0 Å². The standard InChI is InChI=1S/C16H18N2OS/c1-12-8-9-14(17)15(10-12)20-11-16(19)18(2)13-6-4-3-5-7-13/h3-10H,11,17H2,1-2H3. The number of hydrogen-bond donors (Lipinski definition) is 1. The number of anilines is 2. The van der Waals surface area contributed by atoms with E-state index >= 15 is 0 Å². The van der Waals surface area contributed by atoms with E-state index in [0.717, 1.165) is 21.8 Å². The fourth-order valence-corrected chi connectivity index (χ4v) is 2.78. The molecular formula is C16H18N2OS. The lowest BCUT2D eigenvalue weighted by Gasteiger charge is -2.17. The van der Waals surface area contributed by atoms with E-state index in [1.54, 1.807) is 11.9 Å². The Labute approximate surface area is 123 Å². The highest BCUT2D eigenvalue weighted by molar-refractivity contribution is 8.00. The molecule has 0 aliphatic rings. The van der Waals surface area contributed by atoms with Crippen molar-refractivity contribution in [3.8, 4) is 0 Å². The molecule has 0 heterocycles. The molecule has 0 fully saturated rings. The average molecular weight is 286 g/mol. The molecule has 4 heteroatoms. The maximum absolute atomic E-state index is 12.2. The second-order valence-corrected chi connectivity index (χ2v) is 5.64. The third-order valence-electron chi connectivity index (χ3n) is 3.04. The number of aryl methyl sites for hydroxylation is 1. The first-order chi connectivity index (χ1) is 9.58. The Balaban J connectivity index is 2.00. The van der Waals surface area contributed by atoms with Gasteiger partial charge in [0.15, 0.2) is 0 Å². The van der Waals surface area contributed by atoms with E-state index in [-0.39, 0.29) is 5.91 Å². The van der Waals surface area contributed by atoms with Gasteiger partial charge in [-0.3, -0.25) is 4.79 Å². The van der Waals surface area contributed by atoms with Gasteiger partial charge >= 0.3 is 0 Å². The monoisotopic (exact) mass is 286 g/mol. The lowest BCUT2D eigenvalue weighted by molar-refractivity contribution is -0.115. The highest BCUT2D eigenvalue weighted by Gasteiger charge is 2.11. The summed E-state index contributed by atoms with van der Waals surface area (Å²) in [5, 5.41) is 0. The van der Waals surface area contributed by atoms with Crippen molar-refractivity contribution in [1.29, 1.82) is 0 Å². The zero-order valence-corrected chi connectivity index (χ0v) is 12.5. The largest absolute Gasteiger partial charge is 0.398 e. The third kappa shape index (κ3) is 3.54. The molecule has 104 valence electrons. The molecule has 1 amide bonds. The molecule has 0 unspecified atom stereocenters. The number of rotatable bonds is 4. The van der Waals surface area contributed by atoms with E-state index in [1.807, 2.05) is 55.5 Å². The summed E-state index contributed by atoms with van der Waals surface area (Å²) in [5.74, 6) is 0.432. The van der Waals surface area contributed by atoms with Crippen LogP contribution in [0.1, 0.15) is 5.56 Å². The number of nitrogens with zero attached hydrogens (tertiary/aromatic N) is 1. The van der Waals surface area contributed by atoms with E-state index in [4.69, 9.17) is 5.73 Å². The maximum atomic E-state index is 12.2. The van der Waals surface area contributed by atoms with Crippen LogP contribution >= 0.6 is 11.8 Å². The van der Waals surface area contributed by atoms with Gasteiger partial charge in [-0.2, -0.15) is 0 Å². The Bertz CT molecular complexity index is 599. The van der Waals surface area contributed by atoms with Crippen LogP contribution in [0.2, 0.25) is 0 Å². The van der Waals surface area contributed by atoms with Gasteiger partial charge in [0.2, 0.25) is 5.91 Å². The van der Waals surface area contributed by atoms with Gasteiger partial charge in [-0.1, -0.05) is 24.3 Å². The number of carbonyl (C=O) groups excluding carboxylic acids is 1. The smallest absolute Gasteiger partial charge is 0.237 e. The van der Waals surface area contributed by atoms with E-state index in [1.165, 1.54) is 11.8 Å². The van der Waals surface area contributed by atoms with Gasteiger partial charge in [-0.25, -0.2) is 0 Å². The minimum absolute atomic E-state index is 0.0575. The SMILES string of the molecule is Cc1ccc(N)c(SCC(=O)N(C)c2ccccc2)c1. The van der Waals surface area contributed by atoms with Crippen molar-refractivity contribution in [2.75, 3.05) is 23.4 Å². The Morgan fingerprint density at radius 3 is 2.60 bits per heavy atom. The van der Waals surface area contributed by atoms with Crippen molar-refractivity contribution < 1.29 is 4.79 Å². The number of carbonyl (C=O) groups is 1. The van der Waals surface area contributed by atoms with Crippen LogP contribution < -0.4 is 10.6 Å². The number of thioether (sulfide) groups is 1. The minimum atomic E-state index is 0.0575. The van der Waals surface area contributed by atoms with Gasteiger partial charge in [-0.15, -0.1) is 11.8 Å². The van der Waals surface area contributed by atoms with Crippen LogP contribution in [0, 0.1) is 6.92 Å². The highest BCUT2D eigenvalue weighted by atomic mass is 32.2. The number of hydrogen-bond acceptors (Lipinski definition) is 3. The molecular weight excluding hydrogens is 268 g/mol. The maximum Gasteiger partial charge on any atom is 0.237 e. The van der Waals surface area contributed by atoms with Crippen molar-refractivity contribution in [1.82, 2.24) is 0 Å². The molecule has 0 aromatic heterocycles. The topological polar surface area (TPSA) is 46.3 Å². The van der Waals surface area contributed by atoms with Crippen molar-refractivity contribution in [2.45, 2.75) is 11.8 Å². The molecule has 2 rings (SSSR count). The number of amides is 1. The second-order valence-electron chi connectivity index (χ2n) is 4.62. The molecule has 0 radical (unpaired) electrons. The van der Waals surface area contributed by atoms with Crippen LogP contribution in [0.25, 0.3) is 0 Å². The van der Waals surface area contributed by atoms with Crippen LogP contribution in [0.4, 0.5) is 11.4 Å². The summed E-state index contributed by atoms with van der Waals surface area (Å²) >= 11 is 1.48. The molecule has 2 aromatic rings. The average Bonchev–Trinajstić information content (AvgIpc) is 2.48. The molecule has 0 bridgehead atoms. The zero-order chi connectivity index (χ0) is 14.5. The lowest BCUT2D eigenvalue weighted by atomic mass is 10.2. The van der Waals surface area contributed by atoms with Crippen LogP contribution in [0.5, 0.6) is 0 Å².